The van der Waals surface area contributed by atoms with Gasteiger partial charge in [-0.25, -0.2) is 4.79 Å². The number of hydrogen-bond acceptors (Lipinski definition) is 19. The molecule has 0 amide bonds. The lowest BCUT2D eigenvalue weighted by molar-refractivity contribution is -0.373. The van der Waals surface area contributed by atoms with E-state index in [0.29, 0.717) is 51.4 Å². The summed E-state index contributed by atoms with van der Waals surface area (Å²) in [7, 11) is 0. The van der Waals surface area contributed by atoms with E-state index in [2.05, 4.69) is 6.92 Å². The highest BCUT2D eigenvalue weighted by molar-refractivity contribution is 5.85. The van der Waals surface area contributed by atoms with E-state index in [1.54, 1.807) is 13.0 Å². The molecule has 0 radical (unpaired) electrons. The number of aliphatic hydroxyl groups is 10. The lowest BCUT2D eigenvalue weighted by atomic mass is 9.41. The Kier molecular flexibility index (Phi) is 12.4. The number of esters is 1. The number of aliphatic hydroxyl groups excluding tert-OH is 8. The van der Waals surface area contributed by atoms with Crippen LogP contribution in [0.1, 0.15) is 78.1 Å². The second kappa shape index (κ2) is 16.7. The summed E-state index contributed by atoms with van der Waals surface area (Å²) in [6, 6.07) is 0. The summed E-state index contributed by atoms with van der Waals surface area (Å²) in [5.41, 5.74) is -3.15. The monoisotopic (exact) mass is 858 g/mol. The number of carbonyl (C=O) groups is 2. The van der Waals surface area contributed by atoms with Crippen molar-refractivity contribution in [3.63, 3.8) is 0 Å². The van der Waals surface area contributed by atoms with Crippen molar-refractivity contribution in [2.45, 2.75) is 181 Å². The Morgan fingerprint density at radius 2 is 1.43 bits per heavy atom. The van der Waals surface area contributed by atoms with Gasteiger partial charge in [0, 0.05) is 24.3 Å². The highest BCUT2D eigenvalue weighted by Gasteiger charge is 2.71. The van der Waals surface area contributed by atoms with Gasteiger partial charge in [-0.3, -0.25) is 0 Å². The number of rotatable bonds is 10. The van der Waals surface area contributed by atoms with E-state index >= 15 is 0 Å². The molecule has 19 nitrogen and oxygen atoms in total. The van der Waals surface area contributed by atoms with E-state index in [9.17, 15) is 60.7 Å². The molecule has 22 atom stereocenters. The molecule has 0 bridgehead atoms. The number of ether oxygens (including phenoxy) is 7. The van der Waals surface area contributed by atoms with Crippen LogP contribution in [0.3, 0.4) is 0 Å². The Balaban J connectivity index is 0.876. The van der Waals surface area contributed by atoms with Gasteiger partial charge in [0.25, 0.3) is 0 Å². The summed E-state index contributed by atoms with van der Waals surface area (Å²) in [5.74, 6) is -0.820. The fraction of sp³-hybridized carbons (Fsp3) is 0.902. The normalized spacial score (nSPS) is 54.3. The molecule has 340 valence electrons. The van der Waals surface area contributed by atoms with Crippen LogP contribution in [0.25, 0.3) is 0 Å². The van der Waals surface area contributed by atoms with Crippen LogP contribution >= 0.6 is 0 Å². The first-order valence-electron chi connectivity index (χ1n) is 21.5. The molecule has 0 aromatic rings. The van der Waals surface area contributed by atoms with Gasteiger partial charge >= 0.3 is 5.97 Å². The van der Waals surface area contributed by atoms with Crippen molar-refractivity contribution in [1.29, 1.82) is 0 Å². The molecule has 0 aromatic carbocycles. The Hall–Kier alpha value is -1.76. The molecule has 10 N–H and O–H groups in total. The van der Waals surface area contributed by atoms with E-state index in [-0.39, 0.29) is 43.2 Å². The van der Waals surface area contributed by atoms with Crippen LogP contribution in [0.5, 0.6) is 0 Å². The summed E-state index contributed by atoms with van der Waals surface area (Å²) in [6.45, 7) is 2.45. The summed E-state index contributed by atoms with van der Waals surface area (Å²) in [6.07, 6.45) is -14.4. The fourth-order valence-electron chi connectivity index (χ4n) is 12.8. The van der Waals surface area contributed by atoms with Gasteiger partial charge in [0.15, 0.2) is 18.9 Å². The van der Waals surface area contributed by atoms with E-state index in [0.717, 1.165) is 11.9 Å². The number of cyclic esters (lactones) is 1. The Labute approximate surface area is 347 Å². The SMILES string of the molecule is C[C@@H]1O[C@H](O[C@H]2CC[C@]3(C=O)[C@H]4CC[C@]5(C)[C@@H](C6=CC(=O)OC6)CC[C@]5(O)[C@H]4CC[C@]3(O)C2)C[C@@H](O)[C@H]1O[C@H]1O[C@@H](CO)[C@H](O[C@H]2O[C@@H](CO)[C@H](O)[C@@H](O)[C@@H]2O)[C@@H](O)[C@@H]1O. The van der Waals surface area contributed by atoms with Crippen LogP contribution in [-0.2, 0) is 42.7 Å². The summed E-state index contributed by atoms with van der Waals surface area (Å²) in [4.78, 5) is 25.2. The molecule has 0 unspecified atom stereocenters. The van der Waals surface area contributed by atoms with Crippen molar-refractivity contribution < 1.29 is 93.8 Å². The minimum absolute atomic E-state index is 0.00494. The summed E-state index contributed by atoms with van der Waals surface area (Å²) < 4.78 is 40.4. The van der Waals surface area contributed by atoms with Gasteiger partial charge in [-0.15, -0.1) is 0 Å². The first-order chi connectivity index (χ1) is 28.4. The van der Waals surface area contributed by atoms with E-state index < -0.39 is 127 Å². The Bertz CT molecular complexity index is 1600. The molecule has 60 heavy (non-hydrogen) atoms. The van der Waals surface area contributed by atoms with Gasteiger partial charge in [-0.05, 0) is 81.6 Å². The highest BCUT2D eigenvalue weighted by Crippen LogP contribution is 2.70. The fourth-order valence-corrected chi connectivity index (χ4v) is 12.8. The van der Waals surface area contributed by atoms with Gasteiger partial charge in [0.2, 0.25) is 0 Å². The summed E-state index contributed by atoms with van der Waals surface area (Å²) in [5, 5.41) is 109. The van der Waals surface area contributed by atoms with Crippen LogP contribution < -0.4 is 0 Å². The number of hydrogen-bond donors (Lipinski definition) is 10. The van der Waals surface area contributed by atoms with Gasteiger partial charge in [-0.1, -0.05) is 6.92 Å². The second-order valence-corrected chi connectivity index (χ2v) is 18.9. The zero-order valence-corrected chi connectivity index (χ0v) is 33.9. The van der Waals surface area contributed by atoms with Gasteiger partial charge in [0.1, 0.15) is 67.8 Å². The maximum Gasteiger partial charge on any atom is 0.331 e. The van der Waals surface area contributed by atoms with Crippen molar-refractivity contribution in [1.82, 2.24) is 0 Å². The molecule has 3 saturated heterocycles. The number of carbonyl (C=O) groups excluding carboxylic acids is 2. The molecule has 0 aromatic heterocycles. The molecule has 4 saturated carbocycles. The van der Waals surface area contributed by atoms with Crippen LogP contribution in [0.4, 0.5) is 0 Å². The molecular formula is C41H62O19. The predicted octanol–water partition coefficient (Wildman–Crippen LogP) is -2.57. The molecule has 19 heteroatoms. The van der Waals surface area contributed by atoms with Gasteiger partial charge in [0.05, 0.1) is 48.1 Å². The molecule has 7 fully saturated rings. The molecule has 8 aliphatic rings. The smallest absolute Gasteiger partial charge is 0.331 e. The molecular weight excluding hydrogens is 796 g/mol. The molecule has 4 aliphatic carbocycles. The van der Waals surface area contributed by atoms with Crippen molar-refractivity contribution in [2.24, 2.45) is 28.6 Å². The van der Waals surface area contributed by atoms with Crippen LogP contribution in [0.2, 0.25) is 0 Å². The molecule has 4 aliphatic heterocycles. The van der Waals surface area contributed by atoms with E-state index in [1.165, 1.54) is 0 Å². The Morgan fingerprint density at radius 3 is 2.08 bits per heavy atom. The predicted molar refractivity (Wildman–Crippen MR) is 199 cm³/mol. The van der Waals surface area contributed by atoms with Crippen LogP contribution in [0.15, 0.2) is 11.6 Å². The van der Waals surface area contributed by atoms with Crippen molar-refractivity contribution in [2.75, 3.05) is 19.8 Å². The number of fused-ring (bicyclic) bond motifs is 5. The van der Waals surface area contributed by atoms with E-state index in [1.807, 2.05) is 0 Å². The van der Waals surface area contributed by atoms with Gasteiger partial charge in [-0.2, -0.15) is 0 Å². The van der Waals surface area contributed by atoms with Crippen molar-refractivity contribution >= 4 is 12.3 Å². The quantitative estimate of drug-likeness (QED) is 0.0613. The first kappa shape index (κ1) is 44.8. The van der Waals surface area contributed by atoms with Crippen molar-refractivity contribution in [3.05, 3.63) is 11.6 Å². The number of aldehydes is 1. The maximum absolute atomic E-state index is 13.3. The second-order valence-electron chi connectivity index (χ2n) is 18.9. The minimum atomic E-state index is -1.82. The maximum atomic E-state index is 13.3. The average molecular weight is 859 g/mol. The van der Waals surface area contributed by atoms with Gasteiger partial charge < -0.3 is 89.0 Å². The lowest BCUT2D eigenvalue weighted by Gasteiger charge is -2.65. The minimum Gasteiger partial charge on any atom is -0.458 e. The highest BCUT2D eigenvalue weighted by atomic mass is 16.8. The first-order valence-corrected chi connectivity index (χ1v) is 21.5. The largest absolute Gasteiger partial charge is 0.458 e. The summed E-state index contributed by atoms with van der Waals surface area (Å²) >= 11 is 0. The topological polar surface area (TPSA) is 301 Å². The van der Waals surface area contributed by atoms with Crippen LogP contribution in [-0.4, -0.2) is 186 Å². The Morgan fingerprint density at radius 1 is 0.767 bits per heavy atom. The molecule has 0 spiro atoms. The average Bonchev–Trinajstić information content (AvgIpc) is 3.77. The third-order valence-electron chi connectivity index (χ3n) is 16.1. The molecule has 4 heterocycles. The zero-order chi connectivity index (χ0) is 43.1. The zero-order valence-electron chi connectivity index (χ0n) is 33.9. The third-order valence-corrected chi connectivity index (χ3v) is 16.1. The van der Waals surface area contributed by atoms with Crippen molar-refractivity contribution in [3.8, 4) is 0 Å². The third kappa shape index (κ3) is 7.12. The van der Waals surface area contributed by atoms with E-state index in [4.69, 9.17) is 33.2 Å². The standard InChI is InChI=1S/C41H62O19/c1-18-34(59-37-33(51)31(49)35(26(15-43)58-37)60-36-32(50)30(48)29(47)25(14-42)57-36)24(45)12-28(55-18)56-20-3-8-39(17-44)22-4-7-38(2)21(19-11-27(46)54-16-19)6-10-41(38,53)23(22)5-9-40(39,52)13-20/h11,17-18,20-26,28-37,42-43,45,47-53H,3-10,12-16H2,1-2H3/t18-,20-,21+,22-,23-,24+,25-,26-,28+,29-,30+,31-,32-,33-,34-,35-,36+,37+,38+,39-,40-,41-/m0/s1. The lowest BCUT2D eigenvalue weighted by Crippen LogP contribution is -2.69. The molecule has 8 rings (SSSR count). The van der Waals surface area contributed by atoms with Crippen LogP contribution in [0, 0.1) is 28.6 Å².